The molecule has 0 aliphatic carbocycles. The molecule has 1 heterocycles. The minimum Gasteiger partial charge on any atom is -0.473 e. The van der Waals surface area contributed by atoms with E-state index in [0.717, 1.165) is 22.3 Å². The van der Waals surface area contributed by atoms with Crippen molar-refractivity contribution < 1.29 is 23.1 Å². The highest BCUT2D eigenvalue weighted by atomic mass is 19.1. The molecule has 1 aliphatic rings. The number of nitrogens with zero attached hydrogens (tertiary/aromatic N) is 1. The summed E-state index contributed by atoms with van der Waals surface area (Å²) in [5.41, 5.74) is 3.79. The Hall–Kier alpha value is -5.88. The zero-order valence-electron chi connectivity index (χ0n) is 26.6. The first kappa shape index (κ1) is 31.7. The van der Waals surface area contributed by atoms with E-state index in [1.54, 1.807) is 17.0 Å². The van der Waals surface area contributed by atoms with Gasteiger partial charge in [0.1, 0.15) is 17.4 Å². The van der Waals surface area contributed by atoms with Crippen LogP contribution in [0, 0.1) is 17.6 Å². The van der Waals surface area contributed by atoms with Crippen LogP contribution in [0.2, 0.25) is 0 Å². The second kappa shape index (κ2) is 13.7. The number of hydrogen-bond acceptors (Lipinski definition) is 3. The molecule has 6 aromatic rings. The highest BCUT2D eigenvalue weighted by molar-refractivity contribution is 6.04. The van der Waals surface area contributed by atoms with Gasteiger partial charge in [-0.15, -0.1) is 0 Å². The molecule has 1 amide bonds. The summed E-state index contributed by atoms with van der Waals surface area (Å²) in [6, 6.07) is 48.9. The predicted octanol–water partition coefficient (Wildman–Crippen LogP) is 9.70. The maximum Gasteiger partial charge on any atom is 0.233 e. The zero-order valence-corrected chi connectivity index (χ0v) is 26.6. The number of hydrogen-bond donors (Lipinski definition) is 0. The molecule has 2 atom stereocenters. The number of amides is 1. The summed E-state index contributed by atoms with van der Waals surface area (Å²) in [5, 5.41) is 0. The molecule has 0 N–H and O–H groups in total. The summed E-state index contributed by atoms with van der Waals surface area (Å²) in [5.74, 6) is -0.952. The molecule has 1 fully saturated rings. The van der Waals surface area contributed by atoms with E-state index in [-0.39, 0.29) is 24.2 Å². The lowest BCUT2D eigenvalue weighted by atomic mass is 9.78. The second-order valence-electron chi connectivity index (χ2n) is 12.2. The van der Waals surface area contributed by atoms with Gasteiger partial charge in [-0.05, 0) is 72.6 Å². The molecular formula is C43H33F2NO3. The van der Waals surface area contributed by atoms with Gasteiger partial charge < -0.3 is 9.64 Å². The van der Waals surface area contributed by atoms with E-state index in [9.17, 15) is 18.4 Å². The van der Waals surface area contributed by atoms with Crippen molar-refractivity contribution in [2.24, 2.45) is 5.92 Å². The van der Waals surface area contributed by atoms with Gasteiger partial charge in [0.2, 0.25) is 5.91 Å². The Labute approximate surface area is 284 Å². The molecule has 49 heavy (non-hydrogen) atoms. The maximum atomic E-state index is 13.8. The Balaban J connectivity index is 1.22. The Morgan fingerprint density at radius 3 is 1.57 bits per heavy atom. The molecule has 4 nitrogen and oxygen atoms in total. The van der Waals surface area contributed by atoms with E-state index in [2.05, 4.69) is 36.4 Å². The molecule has 242 valence electrons. The van der Waals surface area contributed by atoms with E-state index < -0.39 is 23.2 Å². The first-order chi connectivity index (χ1) is 23.9. The molecule has 7 rings (SSSR count). The summed E-state index contributed by atoms with van der Waals surface area (Å²) in [6.07, 6.45) is 0.444. The molecule has 6 heteroatoms. The number of halogens is 2. The minimum absolute atomic E-state index is 0.130. The third kappa shape index (κ3) is 6.25. The van der Waals surface area contributed by atoms with Gasteiger partial charge in [-0.3, -0.25) is 9.59 Å². The second-order valence-corrected chi connectivity index (χ2v) is 12.2. The van der Waals surface area contributed by atoms with Gasteiger partial charge >= 0.3 is 0 Å². The lowest BCUT2D eigenvalue weighted by Crippen LogP contribution is -2.55. The van der Waals surface area contributed by atoms with E-state index in [1.165, 1.54) is 36.4 Å². The van der Waals surface area contributed by atoms with Crippen LogP contribution in [0.25, 0.3) is 0 Å². The molecule has 0 saturated carbocycles. The fourth-order valence-corrected chi connectivity index (χ4v) is 6.77. The van der Waals surface area contributed by atoms with Crippen molar-refractivity contribution in [2.45, 2.75) is 24.5 Å². The number of β-lactam (4-membered cyclic amide) rings is 1. The van der Waals surface area contributed by atoms with E-state index in [4.69, 9.17) is 4.74 Å². The summed E-state index contributed by atoms with van der Waals surface area (Å²) >= 11 is 0. The molecule has 0 spiro atoms. The first-order valence-corrected chi connectivity index (χ1v) is 16.3. The number of ketones is 1. The fourth-order valence-electron chi connectivity index (χ4n) is 6.77. The smallest absolute Gasteiger partial charge is 0.233 e. The highest BCUT2D eigenvalue weighted by Gasteiger charge is 2.48. The normalized spacial score (nSPS) is 15.8. The highest BCUT2D eigenvalue weighted by Crippen LogP contribution is 2.47. The number of Topliss-reactive ketones (excluding diaryl/α,β-unsaturated/α-hetero) is 1. The third-order valence-electron chi connectivity index (χ3n) is 9.20. The molecular weight excluding hydrogens is 616 g/mol. The van der Waals surface area contributed by atoms with Crippen LogP contribution in [-0.2, 0) is 10.4 Å². The standard InChI is InChI=1S/C43H33F2NO3/c44-35-20-16-30(17-21-35)40(47)29-28-39-41(46(42(39)48)37-24-22-36(45)23-25-37)31-18-26-38(27-19-31)49-43(32-10-4-1-5-11-32,33-12-6-2-7-13-33)34-14-8-3-9-15-34/h1-27,39,41H,28-29H2. The average Bonchev–Trinajstić information content (AvgIpc) is 3.15. The molecule has 1 aliphatic heterocycles. The van der Waals surface area contributed by atoms with Crippen molar-refractivity contribution in [1.29, 1.82) is 0 Å². The van der Waals surface area contributed by atoms with Crippen LogP contribution in [0.5, 0.6) is 5.75 Å². The number of rotatable bonds is 11. The number of carbonyl (C=O) groups excluding carboxylic acids is 2. The van der Waals surface area contributed by atoms with Crippen molar-refractivity contribution in [3.8, 4) is 5.75 Å². The topological polar surface area (TPSA) is 46.6 Å². The van der Waals surface area contributed by atoms with Gasteiger partial charge in [0.15, 0.2) is 11.4 Å². The number of carbonyl (C=O) groups is 2. The number of benzene rings is 6. The Bertz CT molecular complexity index is 1940. The van der Waals surface area contributed by atoms with Crippen LogP contribution in [0.4, 0.5) is 14.5 Å². The molecule has 2 unspecified atom stereocenters. The maximum absolute atomic E-state index is 13.8. The number of ether oxygens (including phenoxy) is 1. The van der Waals surface area contributed by atoms with Crippen LogP contribution in [0.15, 0.2) is 164 Å². The van der Waals surface area contributed by atoms with E-state index >= 15 is 0 Å². The number of anilines is 1. The third-order valence-corrected chi connectivity index (χ3v) is 9.20. The molecule has 1 saturated heterocycles. The summed E-state index contributed by atoms with van der Waals surface area (Å²) < 4.78 is 34.3. The SMILES string of the molecule is O=C(CCC1C(=O)N(c2ccc(F)cc2)C1c1ccc(OC(c2ccccc2)(c2ccccc2)c2ccccc2)cc1)c1ccc(F)cc1. The van der Waals surface area contributed by atoms with E-state index in [0.29, 0.717) is 23.4 Å². The molecule has 0 radical (unpaired) electrons. The summed E-state index contributed by atoms with van der Waals surface area (Å²) in [7, 11) is 0. The van der Waals surface area contributed by atoms with Gasteiger partial charge in [0.25, 0.3) is 0 Å². The van der Waals surface area contributed by atoms with Crippen molar-refractivity contribution in [3.05, 3.63) is 203 Å². The quantitative estimate of drug-likeness (QED) is 0.0798. The van der Waals surface area contributed by atoms with Crippen LogP contribution < -0.4 is 9.64 Å². The lowest BCUT2D eigenvalue weighted by molar-refractivity contribution is -0.130. The van der Waals surface area contributed by atoms with Gasteiger partial charge in [0.05, 0.1) is 12.0 Å². The van der Waals surface area contributed by atoms with Gasteiger partial charge in [-0.25, -0.2) is 8.78 Å². The van der Waals surface area contributed by atoms with Crippen molar-refractivity contribution >= 4 is 17.4 Å². The monoisotopic (exact) mass is 649 g/mol. The average molecular weight is 650 g/mol. The Morgan fingerprint density at radius 2 is 1.08 bits per heavy atom. The fraction of sp³-hybridized carbons (Fsp3) is 0.116. The van der Waals surface area contributed by atoms with Gasteiger partial charge in [-0.1, -0.05) is 103 Å². The molecule has 0 aromatic heterocycles. The van der Waals surface area contributed by atoms with E-state index in [1.807, 2.05) is 78.9 Å². The Morgan fingerprint density at radius 1 is 0.612 bits per heavy atom. The minimum atomic E-state index is -0.957. The van der Waals surface area contributed by atoms with Gasteiger partial charge in [0, 0.05) is 34.4 Å². The first-order valence-electron chi connectivity index (χ1n) is 16.3. The largest absolute Gasteiger partial charge is 0.473 e. The van der Waals surface area contributed by atoms with Crippen LogP contribution >= 0.6 is 0 Å². The van der Waals surface area contributed by atoms with Crippen LogP contribution in [-0.4, -0.2) is 11.7 Å². The molecule has 0 bridgehead atoms. The lowest BCUT2D eigenvalue weighted by Gasteiger charge is -2.47. The summed E-state index contributed by atoms with van der Waals surface area (Å²) in [4.78, 5) is 28.2. The predicted molar refractivity (Wildman–Crippen MR) is 186 cm³/mol. The zero-order chi connectivity index (χ0) is 33.8. The summed E-state index contributed by atoms with van der Waals surface area (Å²) in [6.45, 7) is 0. The van der Waals surface area contributed by atoms with Crippen LogP contribution in [0.1, 0.15) is 51.5 Å². The van der Waals surface area contributed by atoms with Crippen molar-refractivity contribution in [3.63, 3.8) is 0 Å². The van der Waals surface area contributed by atoms with Crippen LogP contribution in [0.3, 0.4) is 0 Å². The van der Waals surface area contributed by atoms with Crippen molar-refractivity contribution in [1.82, 2.24) is 0 Å². The van der Waals surface area contributed by atoms with Crippen molar-refractivity contribution in [2.75, 3.05) is 4.90 Å². The Kier molecular flexibility index (Phi) is 8.86. The molecule has 6 aromatic carbocycles. The van der Waals surface area contributed by atoms with Gasteiger partial charge in [-0.2, -0.15) is 0 Å².